The standard InChI is InChI=1S/C29H45NO8/c1-10-19(6)25(31)36-14-13-29(30,28(34)35-9)16-22-11-12-23(37-26(32)20(7)17(2)3)24(15-22)38-27(33)21(8)18(4)5/h11-12,15,17-21H,10,13-14,16,30H2,1-9H3/t19?,20?,21?,29-/m1/s1. The van der Waals surface area contributed by atoms with Crippen molar-refractivity contribution in [2.45, 2.75) is 80.2 Å². The van der Waals surface area contributed by atoms with Gasteiger partial charge in [-0.15, -0.1) is 0 Å². The lowest BCUT2D eigenvalue weighted by molar-refractivity contribution is -0.153. The third-order valence-electron chi connectivity index (χ3n) is 7.09. The van der Waals surface area contributed by atoms with Gasteiger partial charge in [0.05, 0.1) is 31.5 Å². The monoisotopic (exact) mass is 535 g/mol. The molecule has 1 aromatic rings. The summed E-state index contributed by atoms with van der Waals surface area (Å²) in [5.74, 6) is -2.77. The van der Waals surface area contributed by atoms with Crippen LogP contribution in [0.25, 0.3) is 0 Å². The Balaban J connectivity index is 3.29. The van der Waals surface area contributed by atoms with Gasteiger partial charge in [0.2, 0.25) is 0 Å². The van der Waals surface area contributed by atoms with E-state index in [-0.39, 0.29) is 60.6 Å². The Morgan fingerprint density at radius 1 is 0.842 bits per heavy atom. The Kier molecular flexibility index (Phi) is 12.9. The van der Waals surface area contributed by atoms with Crippen molar-refractivity contribution in [1.82, 2.24) is 0 Å². The molecule has 0 heterocycles. The van der Waals surface area contributed by atoms with E-state index in [0.717, 1.165) is 0 Å². The van der Waals surface area contributed by atoms with Gasteiger partial charge in [0, 0.05) is 12.8 Å². The van der Waals surface area contributed by atoms with Crippen LogP contribution in [-0.4, -0.2) is 43.1 Å². The lowest BCUT2D eigenvalue weighted by Crippen LogP contribution is -2.51. The van der Waals surface area contributed by atoms with E-state index < -0.39 is 29.4 Å². The number of carbonyl (C=O) groups is 4. The molecule has 9 heteroatoms. The molecule has 1 rings (SSSR count). The molecule has 0 aliphatic rings. The van der Waals surface area contributed by atoms with E-state index in [1.54, 1.807) is 26.8 Å². The second kappa shape index (κ2) is 14.9. The fraction of sp³-hybridized carbons (Fsp3) is 0.655. The van der Waals surface area contributed by atoms with E-state index >= 15 is 0 Å². The summed E-state index contributed by atoms with van der Waals surface area (Å²) in [5.41, 5.74) is 5.48. The number of esters is 4. The predicted octanol–water partition coefficient (Wildman–Crippen LogP) is 4.47. The van der Waals surface area contributed by atoms with Crippen molar-refractivity contribution in [3.8, 4) is 11.5 Å². The molecule has 9 nitrogen and oxygen atoms in total. The molecule has 4 atom stereocenters. The largest absolute Gasteiger partial charge is 0.468 e. The summed E-state index contributed by atoms with van der Waals surface area (Å²) in [6, 6.07) is 4.69. The van der Waals surface area contributed by atoms with Crippen molar-refractivity contribution in [3.05, 3.63) is 23.8 Å². The molecular weight excluding hydrogens is 490 g/mol. The molecule has 0 fully saturated rings. The third-order valence-corrected chi connectivity index (χ3v) is 7.09. The number of nitrogens with two attached hydrogens (primary N) is 1. The summed E-state index contributed by atoms with van der Waals surface area (Å²) in [6.45, 7) is 14.7. The number of hydrogen-bond acceptors (Lipinski definition) is 9. The Hall–Kier alpha value is -2.94. The van der Waals surface area contributed by atoms with Crippen LogP contribution < -0.4 is 15.2 Å². The first-order valence-electron chi connectivity index (χ1n) is 13.3. The fourth-order valence-corrected chi connectivity index (χ4v) is 3.25. The first kappa shape index (κ1) is 33.1. The molecule has 3 unspecified atom stereocenters. The van der Waals surface area contributed by atoms with Crippen molar-refractivity contribution in [2.24, 2.45) is 35.3 Å². The number of benzene rings is 1. The number of methoxy groups -OCH3 is 1. The number of hydrogen-bond donors (Lipinski definition) is 1. The minimum Gasteiger partial charge on any atom is -0.468 e. The fourth-order valence-electron chi connectivity index (χ4n) is 3.25. The molecule has 0 saturated carbocycles. The van der Waals surface area contributed by atoms with Crippen LogP contribution in [0.2, 0.25) is 0 Å². The van der Waals surface area contributed by atoms with E-state index in [9.17, 15) is 19.2 Å². The van der Waals surface area contributed by atoms with Gasteiger partial charge in [0.15, 0.2) is 11.5 Å². The average Bonchev–Trinajstić information content (AvgIpc) is 2.87. The van der Waals surface area contributed by atoms with Gasteiger partial charge in [-0.25, -0.2) is 0 Å². The summed E-state index contributed by atoms with van der Waals surface area (Å²) in [6.07, 6.45) is 0.652. The summed E-state index contributed by atoms with van der Waals surface area (Å²) in [4.78, 5) is 50.1. The van der Waals surface area contributed by atoms with Gasteiger partial charge in [-0.3, -0.25) is 19.2 Å². The van der Waals surface area contributed by atoms with Crippen LogP contribution >= 0.6 is 0 Å². The minimum atomic E-state index is -1.51. The lowest BCUT2D eigenvalue weighted by Gasteiger charge is -2.27. The van der Waals surface area contributed by atoms with Crippen molar-refractivity contribution < 1.29 is 38.1 Å². The van der Waals surface area contributed by atoms with E-state index in [1.807, 2.05) is 34.6 Å². The molecule has 214 valence electrons. The second-order valence-electron chi connectivity index (χ2n) is 10.7. The smallest absolute Gasteiger partial charge is 0.326 e. The summed E-state index contributed by atoms with van der Waals surface area (Å²) >= 11 is 0. The lowest BCUT2D eigenvalue weighted by atomic mass is 9.88. The topological polar surface area (TPSA) is 131 Å². The van der Waals surface area contributed by atoms with Gasteiger partial charge < -0.3 is 24.7 Å². The van der Waals surface area contributed by atoms with Crippen LogP contribution in [0.15, 0.2) is 18.2 Å². The van der Waals surface area contributed by atoms with Gasteiger partial charge in [-0.1, -0.05) is 61.5 Å². The predicted molar refractivity (Wildman–Crippen MR) is 143 cm³/mol. The van der Waals surface area contributed by atoms with Crippen LogP contribution in [0.3, 0.4) is 0 Å². The molecule has 0 aromatic heterocycles. The Morgan fingerprint density at radius 3 is 1.84 bits per heavy atom. The highest BCUT2D eigenvalue weighted by Crippen LogP contribution is 2.32. The molecule has 2 N–H and O–H groups in total. The zero-order valence-corrected chi connectivity index (χ0v) is 24.3. The Bertz CT molecular complexity index is 973. The van der Waals surface area contributed by atoms with E-state index in [0.29, 0.717) is 12.0 Å². The zero-order valence-electron chi connectivity index (χ0n) is 24.3. The number of ether oxygens (including phenoxy) is 4. The summed E-state index contributed by atoms with van der Waals surface area (Å²) < 4.78 is 21.5. The molecule has 1 aromatic carbocycles. The van der Waals surface area contributed by atoms with Gasteiger partial charge >= 0.3 is 23.9 Å². The average molecular weight is 536 g/mol. The Labute approximate surface area is 226 Å². The molecule has 0 aliphatic heterocycles. The van der Waals surface area contributed by atoms with E-state index in [1.165, 1.54) is 19.2 Å². The Morgan fingerprint density at radius 2 is 1.37 bits per heavy atom. The molecule has 0 bridgehead atoms. The van der Waals surface area contributed by atoms with Crippen molar-refractivity contribution >= 4 is 23.9 Å². The molecule has 0 saturated heterocycles. The van der Waals surface area contributed by atoms with E-state index in [4.69, 9.17) is 24.7 Å². The summed E-state index contributed by atoms with van der Waals surface area (Å²) in [5, 5.41) is 0. The highest BCUT2D eigenvalue weighted by atomic mass is 16.6. The molecule has 0 radical (unpaired) electrons. The molecule has 38 heavy (non-hydrogen) atoms. The maximum absolute atomic E-state index is 12.8. The van der Waals surface area contributed by atoms with Crippen LogP contribution in [0.5, 0.6) is 11.5 Å². The highest BCUT2D eigenvalue weighted by molar-refractivity contribution is 5.81. The number of rotatable bonds is 14. The van der Waals surface area contributed by atoms with Crippen LogP contribution in [0, 0.1) is 29.6 Å². The first-order chi connectivity index (χ1) is 17.7. The van der Waals surface area contributed by atoms with Crippen LogP contribution in [-0.2, 0) is 35.1 Å². The van der Waals surface area contributed by atoms with Gasteiger partial charge in [0.25, 0.3) is 0 Å². The van der Waals surface area contributed by atoms with Gasteiger partial charge in [-0.05, 0) is 36.0 Å². The molecule has 0 spiro atoms. The molecule has 0 aliphatic carbocycles. The first-order valence-corrected chi connectivity index (χ1v) is 13.3. The normalized spacial score (nSPS) is 15.3. The highest BCUT2D eigenvalue weighted by Gasteiger charge is 2.36. The molecule has 0 amide bonds. The van der Waals surface area contributed by atoms with Gasteiger partial charge in [0.1, 0.15) is 5.54 Å². The summed E-state index contributed by atoms with van der Waals surface area (Å²) in [7, 11) is 1.23. The minimum absolute atomic E-state index is 0.00145. The van der Waals surface area contributed by atoms with E-state index in [2.05, 4.69) is 0 Å². The maximum atomic E-state index is 12.8. The van der Waals surface area contributed by atoms with Crippen LogP contribution in [0.1, 0.15) is 73.8 Å². The van der Waals surface area contributed by atoms with Crippen molar-refractivity contribution in [1.29, 1.82) is 0 Å². The maximum Gasteiger partial charge on any atom is 0.326 e. The van der Waals surface area contributed by atoms with Crippen molar-refractivity contribution in [2.75, 3.05) is 13.7 Å². The van der Waals surface area contributed by atoms with Crippen LogP contribution in [0.4, 0.5) is 0 Å². The number of carbonyl (C=O) groups excluding carboxylic acids is 4. The third kappa shape index (κ3) is 9.42. The SMILES string of the molecule is CCC(C)C(=O)OCC[C@@](N)(Cc1ccc(OC(=O)C(C)C(C)C)c(OC(=O)C(C)C(C)C)c1)C(=O)OC. The molecular formula is C29H45NO8. The quantitative estimate of drug-likeness (QED) is 0.271. The van der Waals surface area contributed by atoms with Crippen molar-refractivity contribution in [3.63, 3.8) is 0 Å². The second-order valence-corrected chi connectivity index (χ2v) is 10.7. The zero-order chi connectivity index (χ0) is 29.2. The van der Waals surface area contributed by atoms with Gasteiger partial charge in [-0.2, -0.15) is 0 Å².